The molecule has 0 spiro atoms. The van der Waals surface area contributed by atoms with Crippen molar-refractivity contribution in [1.82, 2.24) is 13.7 Å². The van der Waals surface area contributed by atoms with Gasteiger partial charge in [-0.25, -0.2) is 0 Å². The van der Waals surface area contributed by atoms with E-state index in [1.165, 1.54) is 82.7 Å². The van der Waals surface area contributed by atoms with Gasteiger partial charge in [0.1, 0.15) is 0 Å². The third-order valence-electron chi connectivity index (χ3n) is 11.9. The van der Waals surface area contributed by atoms with Crippen LogP contribution in [0.25, 0.3) is 95.1 Å². The number of fused-ring (bicyclic) bond motifs is 6. The van der Waals surface area contributed by atoms with Gasteiger partial charge in [-0.15, -0.1) is 0 Å². The number of para-hydroxylation sites is 3. The van der Waals surface area contributed by atoms with Crippen LogP contribution in [0.2, 0.25) is 0 Å². The summed E-state index contributed by atoms with van der Waals surface area (Å²) < 4.78 is 7.08. The van der Waals surface area contributed by atoms with Crippen molar-refractivity contribution in [2.24, 2.45) is 0 Å². The second-order valence-corrected chi connectivity index (χ2v) is 15.1. The summed E-state index contributed by atoms with van der Waals surface area (Å²) in [6.07, 6.45) is 11.9. The molecule has 10 aromatic rings. The maximum Gasteiger partial charge on any atom is 0.0541 e. The highest BCUT2D eigenvalue weighted by Crippen LogP contribution is 2.39. The van der Waals surface area contributed by atoms with E-state index in [0.717, 1.165) is 22.8 Å². The molecule has 3 heterocycles. The zero-order valence-electron chi connectivity index (χ0n) is 33.3. The van der Waals surface area contributed by atoms with Crippen LogP contribution < -0.4 is 0 Å². The molecule has 0 radical (unpaired) electrons. The van der Waals surface area contributed by atoms with Crippen LogP contribution >= 0.6 is 0 Å². The summed E-state index contributed by atoms with van der Waals surface area (Å²) in [5.74, 6) is 0. The third kappa shape index (κ3) is 5.98. The Balaban J connectivity index is 1.01. The van der Waals surface area contributed by atoms with Crippen LogP contribution in [0.4, 0.5) is 0 Å². The predicted molar refractivity (Wildman–Crippen MR) is 253 cm³/mol. The highest BCUT2D eigenvalue weighted by molar-refractivity contribution is 6.12. The highest BCUT2D eigenvalue weighted by Gasteiger charge is 2.18. The van der Waals surface area contributed by atoms with Gasteiger partial charge >= 0.3 is 0 Å². The van der Waals surface area contributed by atoms with E-state index in [-0.39, 0.29) is 0 Å². The minimum Gasteiger partial charge on any atom is -0.310 e. The van der Waals surface area contributed by atoms with Gasteiger partial charge in [-0.05, 0) is 132 Å². The summed E-state index contributed by atoms with van der Waals surface area (Å²) in [5, 5.41) is 4.99. The lowest BCUT2D eigenvalue weighted by atomic mass is 10.0. The Morgan fingerprint density at radius 2 is 0.729 bits per heavy atom. The van der Waals surface area contributed by atoms with Crippen molar-refractivity contribution < 1.29 is 0 Å². The van der Waals surface area contributed by atoms with E-state index in [2.05, 4.69) is 217 Å². The van der Waals surface area contributed by atoms with E-state index in [1.807, 2.05) is 24.3 Å². The lowest BCUT2D eigenvalue weighted by Gasteiger charge is -2.13. The molecule has 3 heteroatoms. The number of nitrogens with zero attached hydrogens (tertiary/aromatic N) is 3. The van der Waals surface area contributed by atoms with Gasteiger partial charge in [0.05, 0.1) is 22.1 Å². The van der Waals surface area contributed by atoms with E-state index < -0.39 is 0 Å². The molecule has 0 bridgehead atoms. The number of hydrogen-bond donors (Lipinski definition) is 0. The van der Waals surface area contributed by atoms with Gasteiger partial charge in [0.2, 0.25) is 0 Å². The van der Waals surface area contributed by atoms with Gasteiger partial charge in [0.25, 0.3) is 0 Å². The second kappa shape index (κ2) is 14.7. The predicted octanol–water partition coefficient (Wildman–Crippen LogP) is 15.0. The maximum absolute atomic E-state index is 3.90. The normalized spacial score (nSPS) is 11.9. The monoisotopic (exact) mass is 757 g/mol. The molecule has 0 atom stereocenters. The number of aromatic nitrogens is 3. The van der Waals surface area contributed by atoms with Crippen molar-refractivity contribution in [1.29, 1.82) is 0 Å². The Kier molecular flexibility index (Phi) is 8.92. The first-order chi connectivity index (χ1) is 29.0. The molecule has 0 aliphatic rings. The minimum atomic E-state index is 1.11. The topological polar surface area (TPSA) is 14.8 Å². The summed E-state index contributed by atoms with van der Waals surface area (Å²) in [4.78, 5) is 0. The van der Waals surface area contributed by atoms with Crippen molar-refractivity contribution in [2.75, 3.05) is 0 Å². The first-order valence-corrected chi connectivity index (χ1v) is 20.2. The smallest absolute Gasteiger partial charge is 0.0541 e. The van der Waals surface area contributed by atoms with Gasteiger partial charge in [0.15, 0.2) is 0 Å². The number of rotatable bonds is 9. The zero-order chi connectivity index (χ0) is 40.0. The SMILES string of the molecule is C=C/C=C\c1c(C)c(C)c(/C=C\C=C)n1-c1ccc(-c2ccc(-n3c4ccccc4c4cc(-c5ccc6c(c5)c5ccccc5n6-c5ccccc5)ccc43)cc2)cc1. The van der Waals surface area contributed by atoms with Crippen LogP contribution in [-0.2, 0) is 0 Å². The summed E-state index contributed by atoms with van der Waals surface area (Å²) in [6.45, 7) is 12.2. The number of benzene rings is 7. The van der Waals surface area contributed by atoms with Gasteiger partial charge < -0.3 is 13.7 Å². The van der Waals surface area contributed by atoms with Crippen LogP contribution in [0, 0.1) is 13.8 Å². The van der Waals surface area contributed by atoms with Gasteiger partial charge in [-0.2, -0.15) is 0 Å². The summed E-state index contributed by atoms with van der Waals surface area (Å²) in [7, 11) is 0. The Morgan fingerprint density at radius 3 is 1.19 bits per heavy atom. The van der Waals surface area contributed by atoms with Crippen LogP contribution in [0.1, 0.15) is 22.5 Å². The number of hydrogen-bond acceptors (Lipinski definition) is 0. The van der Waals surface area contributed by atoms with Crippen LogP contribution in [0.3, 0.4) is 0 Å². The Bertz CT molecular complexity index is 3250. The Hall–Kier alpha value is -7.62. The first-order valence-electron chi connectivity index (χ1n) is 20.2. The molecule has 282 valence electrons. The number of allylic oxidation sites excluding steroid dienone is 4. The molecule has 0 aliphatic carbocycles. The summed E-state index contributed by atoms with van der Waals surface area (Å²) in [5.41, 5.74) is 17.8. The molecule has 3 nitrogen and oxygen atoms in total. The minimum absolute atomic E-state index is 1.11. The standard InChI is InChI=1S/C56H43N3/c1-5-7-20-51-38(3)39(4)52(21-8-6-2)57(51)45-30-24-40(25-31-45)41-26-32-46(33-27-41)59-54-23-15-13-19-48(54)50-37-43(29-35-56(50)59)42-28-34-55-49(36-42)47-18-12-14-22-53(47)58(55)44-16-10-9-11-17-44/h5-37H,1-2H2,3-4H3/b20-7-,21-8-. The quantitative estimate of drug-likeness (QED) is 0.130. The fourth-order valence-electron chi connectivity index (χ4n) is 8.89. The van der Waals surface area contributed by atoms with Crippen molar-refractivity contribution in [3.8, 4) is 39.3 Å². The first kappa shape index (κ1) is 35.8. The van der Waals surface area contributed by atoms with Gasteiger partial charge in [-0.1, -0.05) is 128 Å². The molecule has 0 amide bonds. The second-order valence-electron chi connectivity index (χ2n) is 15.1. The molecular weight excluding hydrogens is 715 g/mol. The van der Waals surface area contributed by atoms with Crippen molar-refractivity contribution in [3.63, 3.8) is 0 Å². The average molecular weight is 758 g/mol. The van der Waals surface area contributed by atoms with Crippen LogP contribution in [0.5, 0.6) is 0 Å². The molecule has 3 aromatic heterocycles. The van der Waals surface area contributed by atoms with Crippen LogP contribution in [0.15, 0.2) is 201 Å². The van der Waals surface area contributed by atoms with E-state index in [0.29, 0.717) is 0 Å². The largest absolute Gasteiger partial charge is 0.310 e. The average Bonchev–Trinajstić information content (AvgIpc) is 3.89. The summed E-state index contributed by atoms with van der Waals surface area (Å²) >= 11 is 0. The molecular formula is C56H43N3. The Morgan fingerprint density at radius 1 is 0.356 bits per heavy atom. The van der Waals surface area contributed by atoms with Crippen LogP contribution in [-0.4, -0.2) is 13.7 Å². The third-order valence-corrected chi connectivity index (χ3v) is 11.9. The van der Waals surface area contributed by atoms with E-state index >= 15 is 0 Å². The highest BCUT2D eigenvalue weighted by atomic mass is 15.0. The molecule has 7 aromatic carbocycles. The lowest BCUT2D eigenvalue weighted by Crippen LogP contribution is -2.00. The zero-order valence-corrected chi connectivity index (χ0v) is 33.3. The molecule has 0 aliphatic heterocycles. The molecule has 59 heavy (non-hydrogen) atoms. The molecule has 0 unspecified atom stereocenters. The molecule has 0 saturated heterocycles. The van der Waals surface area contributed by atoms with E-state index in [9.17, 15) is 0 Å². The van der Waals surface area contributed by atoms with E-state index in [1.54, 1.807) is 0 Å². The molecule has 0 saturated carbocycles. The lowest BCUT2D eigenvalue weighted by molar-refractivity contribution is 1.04. The van der Waals surface area contributed by atoms with Gasteiger partial charge in [-0.3, -0.25) is 0 Å². The fraction of sp³-hybridized carbons (Fsp3) is 0.0357. The summed E-state index contributed by atoms with van der Waals surface area (Å²) in [6, 6.07) is 59.8. The Labute approximate surface area is 345 Å². The van der Waals surface area contributed by atoms with Gasteiger partial charge in [0, 0.05) is 50.0 Å². The fourth-order valence-corrected chi connectivity index (χ4v) is 8.89. The van der Waals surface area contributed by atoms with Crippen molar-refractivity contribution >= 4 is 55.8 Å². The molecule has 10 rings (SSSR count). The molecule has 0 N–H and O–H groups in total. The van der Waals surface area contributed by atoms with E-state index in [4.69, 9.17) is 0 Å². The molecule has 0 fully saturated rings. The van der Waals surface area contributed by atoms with Crippen molar-refractivity contribution in [3.05, 3.63) is 224 Å². The maximum atomic E-state index is 3.90. The van der Waals surface area contributed by atoms with Crippen molar-refractivity contribution in [2.45, 2.75) is 13.8 Å².